The van der Waals surface area contributed by atoms with Gasteiger partial charge >= 0.3 is 6.18 Å². The van der Waals surface area contributed by atoms with E-state index in [-0.39, 0.29) is 11.6 Å². The van der Waals surface area contributed by atoms with Crippen LogP contribution in [0.25, 0.3) is 22.4 Å². The lowest BCUT2D eigenvalue weighted by atomic mass is 10.2. The first-order chi connectivity index (χ1) is 14.4. The van der Waals surface area contributed by atoms with E-state index in [1.54, 1.807) is 18.2 Å². The molecule has 0 amide bonds. The third-order valence-corrected chi connectivity index (χ3v) is 5.07. The van der Waals surface area contributed by atoms with Gasteiger partial charge in [-0.05, 0) is 43.2 Å². The van der Waals surface area contributed by atoms with Crippen LogP contribution in [-0.2, 0) is 13.2 Å². The SMILES string of the molecule is Cn1c(C2CC2)nc2cc(Nc3cc(C(F)(F)F)nc(-c4cccnc4)n3)ccc21. The summed E-state index contributed by atoms with van der Waals surface area (Å²) in [7, 11) is 1.98. The van der Waals surface area contributed by atoms with Gasteiger partial charge in [0.25, 0.3) is 0 Å². The van der Waals surface area contributed by atoms with Gasteiger partial charge in [-0.2, -0.15) is 13.2 Å². The van der Waals surface area contributed by atoms with Crippen molar-refractivity contribution in [2.24, 2.45) is 7.05 Å². The van der Waals surface area contributed by atoms with E-state index in [1.165, 1.54) is 12.4 Å². The maximum Gasteiger partial charge on any atom is 0.433 e. The number of hydrogen-bond acceptors (Lipinski definition) is 5. The predicted molar refractivity (Wildman–Crippen MR) is 106 cm³/mol. The number of pyridine rings is 1. The van der Waals surface area contributed by atoms with Crippen LogP contribution in [0.2, 0.25) is 0 Å². The third kappa shape index (κ3) is 3.47. The second kappa shape index (κ2) is 6.79. The lowest BCUT2D eigenvalue weighted by Crippen LogP contribution is -2.11. The van der Waals surface area contributed by atoms with Gasteiger partial charge in [0.05, 0.1) is 11.0 Å². The molecule has 9 heteroatoms. The molecule has 1 aliphatic rings. The summed E-state index contributed by atoms with van der Waals surface area (Å²) in [6.45, 7) is 0. The fourth-order valence-corrected chi connectivity index (χ4v) is 3.43. The number of nitrogens with zero attached hydrogens (tertiary/aromatic N) is 5. The van der Waals surface area contributed by atoms with Crippen molar-refractivity contribution in [3.8, 4) is 11.4 Å². The van der Waals surface area contributed by atoms with Gasteiger partial charge in [-0.25, -0.2) is 15.0 Å². The summed E-state index contributed by atoms with van der Waals surface area (Å²) in [4.78, 5) is 16.6. The predicted octanol–water partition coefficient (Wildman–Crippen LogP) is 5.07. The number of hydrogen-bond donors (Lipinski definition) is 1. The van der Waals surface area contributed by atoms with Crippen LogP contribution in [-0.4, -0.2) is 24.5 Å². The van der Waals surface area contributed by atoms with E-state index in [4.69, 9.17) is 4.98 Å². The summed E-state index contributed by atoms with van der Waals surface area (Å²) < 4.78 is 42.3. The molecule has 1 saturated carbocycles. The molecule has 30 heavy (non-hydrogen) atoms. The van der Waals surface area contributed by atoms with E-state index in [0.29, 0.717) is 17.2 Å². The molecule has 3 heterocycles. The molecule has 0 unspecified atom stereocenters. The van der Waals surface area contributed by atoms with Gasteiger partial charge < -0.3 is 9.88 Å². The summed E-state index contributed by atoms with van der Waals surface area (Å²) in [5.41, 5.74) is 1.76. The Labute approximate surface area is 169 Å². The quantitative estimate of drug-likeness (QED) is 0.509. The van der Waals surface area contributed by atoms with Crippen molar-refractivity contribution in [3.63, 3.8) is 0 Å². The van der Waals surface area contributed by atoms with Crippen molar-refractivity contribution in [2.75, 3.05) is 5.32 Å². The Kier molecular flexibility index (Phi) is 4.19. The van der Waals surface area contributed by atoms with E-state index in [0.717, 1.165) is 35.8 Å². The van der Waals surface area contributed by atoms with Crippen molar-refractivity contribution in [2.45, 2.75) is 24.9 Å². The second-order valence-electron chi connectivity index (χ2n) is 7.33. The second-order valence-corrected chi connectivity index (χ2v) is 7.33. The third-order valence-electron chi connectivity index (χ3n) is 5.07. The molecule has 1 aliphatic carbocycles. The molecule has 6 nitrogen and oxygen atoms in total. The molecule has 4 aromatic rings. The lowest BCUT2D eigenvalue weighted by Gasteiger charge is -2.12. The van der Waals surface area contributed by atoms with Crippen LogP contribution in [0.4, 0.5) is 24.7 Å². The monoisotopic (exact) mass is 410 g/mol. The molecule has 0 radical (unpaired) electrons. The Morgan fingerprint density at radius 2 is 1.90 bits per heavy atom. The number of halogens is 3. The van der Waals surface area contributed by atoms with Gasteiger partial charge in [0, 0.05) is 42.7 Å². The van der Waals surface area contributed by atoms with Crippen LogP contribution in [0.3, 0.4) is 0 Å². The van der Waals surface area contributed by atoms with Gasteiger partial charge in [-0.15, -0.1) is 0 Å². The van der Waals surface area contributed by atoms with E-state index in [2.05, 4.69) is 24.8 Å². The van der Waals surface area contributed by atoms with Crippen LogP contribution in [0.15, 0.2) is 48.8 Å². The maximum absolute atomic E-state index is 13.4. The number of rotatable bonds is 4. The number of fused-ring (bicyclic) bond motifs is 1. The van der Waals surface area contributed by atoms with Crippen LogP contribution >= 0.6 is 0 Å². The van der Waals surface area contributed by atoms with Crippen molar-refractivity contribution in [1.29, 1.82) is 0 Å². The molecule has 0 aliphatic heterocycles. The van der Waals surface area contributed by atoms with E-state index < -0.39 is 11.9 Å². The molecule has 0 atom stereocenters. The van der Waals surface area contributed by atoms with E-state index in [1.807, 2.05) is 19.2 Å². The number of imidazole rings is 1. The Balaban J connectivity index is 1.53. The number of anilines is 2. The van der Waals surface area contributed by atoms with Gasteiger partial charge in [0.15, 0.2) is 11.5 Å². The minimum absolute atomic E-state index is 0.0460. The molecular formula is C21H17F3N6. The van der Waals surface area contributed by atoms with E-state index >= 15 is 0 Å². The highest BCUT2D eigenvalue weighted by Gasteiger charge is 2.34. The molecule has 0 spiro atoms. The average Bonchev–Trinajstić information content (AvgIpc) is 3.52. The largest absolute Gasteiger partial charge is 0.433 e. The van der Waals surface area contributed by atoms with Gasteiger partial charge in [0.1, 0.15) is 11.6 Å². The lowest BCUT2D eigenvalue weighted by molar-refractivity contribution is -0.141. The molecule has 3 aromatic heterocycles. The molecule has 5 rings (SSSR count). The number of aryl methyl sites for hydroxylation is 1. The molecule has 0 bridgehead atoms. The van der Waals surface area contributed by atoms with Gasteiger partial charge in [-0.1, -0.05) is 0 Å². The molecule has 1 fully saturated rings. The molecule has 1 N–H and O–H groups in total. The van der Waals surface area contributed by atoms with Crippen molar-refractivity contribution < 1.29 is 13.2 Å². The highest BCUT2D eigenvalue weighted by molar-refractivity contribution is 5.81. The highest BCUT2D eigenvalue weighted by atomic mass is 19.4. The highest BCUT2D eigenvalue weighted by Crippen LogP contribution is 2.40. The molecular weight excluding hydrogens is 393 g/mol. The molecule has 0 saturated heterocycles. The van der Waals surface area contributed by atoms with Gasteiger partial charge in [0.2, 0.25) is 0 Å². The van der Waals surface area contributed by atoms with E-state index in [9.17, 15) is 13.2 Å². The Bertz CT molecular complexity index is 1230. The van der Waals surface area contributed by atoms with Crippen LogP contribution in [0, 0.1) is 0 Å². The minimum Gasteiger partial charge on any atom is -0.340 e. The summed E-state index contributed by atoms with van der Waals surface area (Å²) in [5.74, 6) is 1.55. The van der Waals surface area contributed by atoms with Crippen molar-refractivity contribution in [3.05, 3.63) is 60.3 Å². The normalized spacial score (nSPS) is 14.3. The standard InChI is InChI=1S/C21H17F3N6/c1-30-16-7-6-14(9-15(16)27-20(30)12-4-5-12)26-18-10-17(21(22,23)24)28-19(29-18)13-3-2-8-25-11-13/h2-3,6-12H,4-5H2,1H3,(H,26,28,29). The zero-order chi connectivity index (χ0) is 20.9. The first-order valence-electron chi connectivity index (χ1n) is 9.48. The average molecular weight is 410 g/mol. The first-order valence-corrected chi connectivity index (χ1v) is 9.48. The number of alkyl halides is 3. The molecule has 1 aromatic carbocycles. The van der Waals surface area contributed by atoms with Crippen molar-refractivity contribution >= 4 is 22.5 Å². The van der Waals surface area contributed by atoms with Crippen LogP contribution in [0.5, 0.6) is 0 Å². The Morgan fingerprint density at radius 1 is 1.07 bits per heavy atom. The topological polar surface area (TPSA) is 68.5 Å². The smallest absolute Gasteiger partial charge is 0.340 e. The van der Waals surface area contributed by atoms with Crippen LogP contribution in [0.1, 0.15) is 30.3 Å². The fraction of sp³-hybridized carbons (Fsp3) is 0.238. The summed E-state index contributed by atoms with van der Waals surface area (Å²) in [6.07, 6.45) is 0.647. The zero-order valence-electron chi connectivity index (χ0n) is 16.0. The number of nitrogens with one attached hydrogen (secondary N) is 1. The minimum atomic E-state index is -4.60. The maximum atomic E-state index is 13.4. The zero-order valence-corrected chi connectivity index (χ0v) is 16.0. The fourth-order valence-electron chi connectivity index (χ4n) is 3.43. The Hall–Kier alpha value is -3.49. The summed E-state index contributed by atoms with van der Waals surface area (Å²) in [5, 5.41) is 2.97. The van der Waals surface area contributed by atoms with Gasteiger partial charge in [-0.3, -0.25) is 4.98 Å². The van der Waals surface area contributed by atoms with Crippen molar-refractivity contribution in [1.82, 2.24) is 24.5 Å². The summed E-state index contributed by atoms with van der Waals surface area (Å²) in [6, 6.07) is 9.67. The summed E-state index contributed by atoms with van der Waals surface area (Å²) >= 11 is 0. The first kappa shape index (κ1) is 18.5. The van der Waals surface area contributed by atoms with Crippen LogP contribution < -0.4 is 5.32 Å². The number of aromatic nitrogens is 5. The Morgan fingerprint density at radius 3 is 2.60 bits per heavy atom. The number of benzene rings is 1. The molecule has 152 valence electrons.